The lowest BCUT2D eigenvalue weighted by Gasteiger charge is -2.00. The van der Waals surface area contributed by atoms with Crippen LogP contribution in [0.1, 0.15) is 5.69 Å². The molecule has 0 aliphatic heterocycles. The third-order valence-corrected chi connectivity index (χ3v) is 2.38. The van der Waals surface area contributed by atoms with E-state index in [4.69, 9.17) is 4.42 Å². The molecule has 19 heavy (non-hydrogen) atoms. The highest BCUT2D eigenvalue weighted by Crippen LogP contribution is 2.32. The molecule has 0 fully saturated rings. The number of hydrogen-bond acceptors (Lipinski definition) is 4. The van der Waals surface area contributed by atoms with Gasteiger partial charge in [-0.15, -0.1) is 0 Å². The second-order valence-corrected chi connectivity index (χ2v) is 3.61. The lowest BCUT2D eigenvalue weighted by Crippen LogP contribution is -2.08. The molecule has 0 radical (unpaired) electrons. The quantitative estimate of drug-likeness (QED) is 0.774. The Kier molecular flexibility index (Phi) is 2.40. The molecule has 9 heteroatoms. The van der Waals surface area contributed by atoms with E-state index in [9.17, 15) is 13.2 Å². The summed E-state index contributed by atoms with van der Waals surface area (Å²) in [5.41, 5.74) is -0.899. The summed E-state index contributed by atoms with van der Waals surface area (Å²) in [5.74, 6) is 0.321. The van der Waals surface area contributed by atoms with Crippen LogP contribution in [0.4, 0.5) is 13.2 Å². The highest BCUT2D eigenvalue weighted by molar-refractivity contribution is 5.55. The third kappa shape index (κ3) is 1.98. The fourth-order valence-electron chi connectivity index (χ4n) is 1.58. The van der Waals surface area contributed by atoms with Gasteiger partial charge in [0.1, 0.15) is 12.0 Å². The predicted octanol–water partition coefficient (Wildman–Crippen LogP) is 2.27. The van der Waals surface area contributed by atoms with E-state index >= 15 is 0 Å². The smallest absolute Gasteiger partial charge is 0.435 e. The van der Waals surface area contributed by atoms with Gasteiger partial charge < -0.3 is 4.42 Å². The van der Waals surface area contributed by atoms with Gasteiger partial charge >= 0.3 is 6.18 Å². The van der Waals surface area contributed by atoms with Gasteiger partial charge in [-0.2, -0.15) is 33.0 Å². The van der Waals surface area contributed by atoms with E-state index in [-0.39, 0.29) is 17.4 Å². The predicted molar refractivity (Wildman–Crippen MR) is 56.2 cm³/mol. The molecule has 0 atom stereocenters. The molecule has 0 unspecified atom stereocenters. The second kappa shape index (κ2) is 3.97. The van der Waals surface area contributed by atoms with Crippen LogP contribution < -0.4 is 0 Å². The van der Waals surface area contributed by atoms with Crippen molar-refractivity contribution in [3.05, 3.63) is 36.5 Å². The maximum Gasteiger partial charge on any atom is 0.435 e. The average molecular weight is 269 g/mol. The first-order chi connectivity index (χ1) is 9.05. The van der Waals surface area contributed by atoms with Crippen molar-refractivity contribution < 1.29 is 17.6 Å². The van der Waals surface area contributed by atoms with Gasteiger partial charge in [0, 0.05) is 6.07 Å². The number of aromatic amines is 1. The van der Waals surface area contributed by atoms with Crippen molar-refractivity contribution in [1.29, 1.82) is 0 Å². The summed E-state index contributed by atoms with van der Waals surface area (Å²) in [6.45, 7) is 0. The number of alkyl halides is 3. The topological polar surface area (TPSA) is 72.5 Å². The van der Waals surface area contributed by atoms with Crippen LogP contribution in [0, 0.1) is 0 Å². The number of rotatable bonds is 2. The SMILES string of the molecule is FC(F)(F)c1cc(-c2ccco2)n(-c2ncn[nH]2)n1. The van der Waals surface area contributed by atoms with Gasteiger partial charge in [0.15, 0.2) is 11.5 Å². The van der Waals surface area contributed by atoms with Crippen molar-refractivity contribution in [2.45, 2.75) is 6.18 Å². The molecule has 3 heterocycles. The van der Waals surface area contributed by atoms with Crippen LogP contribution in [0.25, 0.3) is 17.4 Å². The Labute approximate surface area is 103 Å². The van der Waals surface area contributed by atoms with E-state index in [1.165, 1.54) is 18.7 Å². The Morgan fingerprint density at radius 1 is 1.32 bits per heavy atom. The van der Waals surface area contributed by atoms with E-state index in [2.05, 4.69) is 20.3 Å². The molecule has 3 aromatic heterocycles. The lowest BCUT2D eigenvalue weighted by molar-refractivity contribution is -0.141. The molecule has 0 saturated heterocycles. The first kappa shape index (κ1) is 11.5. The highest BCUT2D eigenvalue weighted by atomic mass is 19.4. The summed E-state index contributed by atoms with van der Waals surface area (Å²) < 4.78 is 44.2. The van der Waals surface area contributed by atoms with Crippen molar-refractivity contribution in [2.24, 2.45) is 0 Å². The lowest BCUT2D eigenvalue weighted by atomic mass is 10.3. The Hall–Kier alpha value is -2.58. The average Bonchev–Trinajstić information content (AvgIpc) is 3.09. The molecule has 0 amide bonds. The number of nitrogens with zero attached hydrogens (tertiary/aromatic N) is 4. The maximum atomic E-state index is 12.7. The Bertz CT molecular complexity index is 617. The first-order valence-electron chi connectivity index (χ1n) is 5.12. The molecule has 1 N–H and O–H groups in total. The summed E-state index contributed by atoms with van der Waals surface area (Å²) in [4.78, 5) is 3.78. The Morgan fingerprint density at radius 3 is 2.74 bits per heavy atom. The van der Waals surface area contributed by atoms with Crippen LogP contribution in [0.2, 0.25) is 0 Å². The van der Waals surface area contributed by atoms with Crippen LogP contribution in [-0.4, -0.2) is 25.0 Å². The van der Waals surface area contributed by atoms with Crippen LogP contribution in [0.5, 0.6) is 0 Å². The zero-order valence-electron chi connectivity index (χ0n) is 9.22. The Morgan fingerprint density at radius 2 is 2.16 bits per heavy atom. The molecule has 3 rings (SSSR count). The minimum Gasteiger partial charge on any atom is -0.463 e. The monoisotopic (exact) mass is 269 g/mol. The molecule has 0 saturated carbocycles. The van der Waals surface area contributed by atoms with Gasteiger partial charge in [-0.25, -0.2) is 5.10 Å². The van der Waals surface area contributed by atoms with E-state index in [0.717, 1.165) is 10.7 Å². The molecule has 0 spiro atoms. The van der Waals surface area contributed by atoms with Gasteiger partial charge in [-0.1, -0.05) is 0 Å². The number of aromatic nitrogens is 5. The number of H-pyrrole nitrogens is 1. The largest absolute Gasteiger partial charge is 0.463 e. The maximum absolute atomic E-state index is 12.7. The Balaban J connectivity index is 2.19. The molecule has 6 nitrogen and oxygen atoms in total. The molecule has 0 aromatic carbocycles. The number of hydrogen-bond donors (Lipinski definition) is 1. The molecule has 0 aliphatic carbocycles. The first-order valence-corrected chi connectivity index (χ1v) is 5.12. The van der Waals surface area contributed by atoms with Crippen LogP contribution in [0.3, 0.4) is 0 Å². The summed E-state index contributed by atoms with van der Waals surface area (Å²) >= 11 is 0. The second-order valence-electron chi connectivity index (χ2n) is 3.61. The van der Waals surface area contributed by atoms with Gasteiger partial charge in [-0.05, 0) is 12.1 Å². The number of furan rings is 1. The van der Waals surface area contributed by atoms with Gasteiger partial charge in [0.2, 0.25) is 5.95 Å². The molecule has 3 aromatic rings. The fraction of sp³-hybridized carbons (Fsp3) is 0.100. The molecule has 0 bridgehead atoms. The van der Waals surface area contributed by atoms with Crippen molar-refractivity contribution in [3.63, 3.8) is 0 Å². The van der Waals surface area contributed by atoms with Crippen LogP contribution in [0.15, 0.2) is 35.2 Å². The van der Waals surface area contributed by atoms with Crippen molar-refractivity contribution in [3.8, 4) is 17.4 Å². The molecule has 98 valence electrons. The minimum absolute atomic E-state index is 0.0712. The van der Waals surface area contributed by atoms with Gasteiger partial charge in [-0.3, -0.25) is 0 Å². The summed E-state index contributed by atoms with van der Waals surface area (Å²) in [6.07, 6.45) is -2.01. The van der Waals surface area contributed by atoms with Crippen LogP contribution in [-0.2, 0) is 6.18 Å². The summed E-state index contributed by atoms with van der Waals surface area (Å²) in [7, 11) is 0. The zero-order chi connectivity index (χ0) is 13.5. The van der Waals surface area contributed by atoms with Gasteiger partial charge in [0.05, 0.1) is 6.26 Å². The minimum atomic E-state index is -4.55. The van der Waals surface area contributed by atoms with E-state index in [0.29, 0.717) is 0 Å². The number of halogens is 3. The van der Waals surface area contributed by atoms with E-state index in [1.807, 2.05) is 0 Å². The summed E-state index contributed by atoms with van der Waals surface area (Å²) in [5, 5.41) is 9.51. The van der Waals surface area contributed by atoms with E-state index in [1.54, 1.807) is 6.07 Å². The number of nitrogens with one attached hydrogen (secondary N) is 1. The highest BCUT2D eigenvalue weighted by Gasteiger charge is 2.36. The van der Waals surface area contributed by atoms with Crippen molar-refractivity contribution in [1.82, 2.24) is 25.0 Å². The summed E-state index contributed by atoms with van der Waals surface area (Å²) in [6, 6.07) is 3.99. The molecular weight excluding hydrogens is 263 g/mol. The fourth-order valence-corrected chi connectivity index (χ4v) is 1.58. The zero-order valence-corrected chi connectivity index (χ0v) is 9.22. The van der Waals surface area contributed by atoms with Crippen molar-refractivity contribution >= 4 is 0 Å². The van der Waals surface area contributed by atoms with Gasteiger partial charge in [0.25, 0.3) is 0 Å². The normalized spacial score (nSPS) is 11.9. The molecule has 0 aliphatic rings. The standard InChI is InChI=1S/C10H6F3N5O/c11-10(12,13)8-4-6(7-2-1-3-19-7)18(17-8)9-14-5-15-16-9/h1-5H,(H,14,15,16). The van der Waals surface area contributed by atoms with Crippen LogP contribution >= 0.6 is 0 Å². The van der Waals surface area contributed by atoms with Crippen molar-refractivity contribution in [2.75, 3.05) is 0 Å². The third-order valence-electron chi connectivity index (χ3n) is 2.38. The molecular formula is C10H6F3N5O. The van der Waals surface area contributed by atoms with E-state index < -0.39 is 11.9 Å².